The lowest BCUT2D eigenvalue weighted by Crippen LogP contribution is -2.50. The zero-order chi connectivity index (χ0) is 19.1. The monoisotopic (exact) mass is 397 g/mol. The van der Waals surface area contributed by atoms with Gasteiger partial charge in [-0.25, -0.2) is 4.98 Å². The molecule has 4 aliphatic carbocycles. The summed E-state index contributed by atoms with van der Waals surface area (Å²) in [4.78, 5) is 17.6. The fourth-order valence-electron chi connectivity index (χ4n) is 6.01. The number of hydrogen-bond donors (Lipinski definition) is 1. The Hall–Kier alpha value is -1.82. The van der Waals surface area contributed by atoms with Crippen molar-refractivity contribution < 1.29 is 9.53 Å². The second kappa shape index (κ2) is 7.21. The number of carbonyl (C=O) groups is 1. The van der Waals surface area contributed by atoms with Gasteiger partial charge >= 0.3 is 0 Å². The smallest absolute Gasteiger partial charge is 0.208 e. The van der Waals surface area contributed by atoms with Gasteiger partial charge in [0, 0.05) is 5.41 Å². The standard InChI is InChI=1S/C22H27N3O2S/c1-14-4-2-3-5-18(14)27-12-20-23-21(25-24-20)28-13-19(26)22-9-15-6-16(10-22)8-17(7-15)11-22/h2-5,15-17H,6-13H2,1H3,(H,23,24,25). The highest BCUT2D eigenvalue weighted by molar-refractivity contribution is 7.99. The molecule has 148 valence electrons. The normalized spacial score (nSPS) is 30.5. The highest BCUT2D eigenvalue weighted by Gasteiger charge is 2.54. The van der Waals surface area contributed by atoms with Gasteiger partial charge in [0.1, 0.15) is 18.1 Å². The molecule has 1 aromatic carbocycles. The zero-order valence-electron chi connectivity index (χ0n) is 16.3. The van der Waals surface area contributed by atoms with Crippen molar-refractivity contribution >= 4 is 17.5 Å². The maximum atomic E-state index is 13.1. The van der Waals surface area contributed by atoms with Gasteiger partial charge in [0.05, 0.1) is 5.75 Å². The first-order chi connectivity index (χ1) is 13.6. The van der Waals surface area contributed by atoms with Crippen molar-refractivity contribution in [1.82, 2.24) is 15.2 Å². The predicted molar refractivity (Wildman–Crippen MR) is 108 cm³/mol. The zero-order valence-corrected chi connectivity index (χ0v) is 17.1. The highest BCUT2D eigenvalue weighted by Crippen LogP contribution is 2.60. The lowest BCUT2D eigenvalue weighted by atomic mass is 9.48. The molecule has 0 amide bonds. The lowest BCUT2D eigenvalue weighted by molar-refractivity contribution is -0.141. The minimum Gasteiger partial charge on any atom is -0.485 e. The Bertz CT molecular complexity index is 843. The molecule has 1 aromatic heterocycles. The van der Waals surface area contributed by atoms with Crippen molar-refractivity contribution in [3.8, 4) is 5.75 Å². The van der Waals surface area contributed by atoms with E-state index in [9.17, 15) is 4.79 Å². The number of hydrogen-bond acceptors (Lipinski definition) is 5. The van der Waals surface area contributed by atoms with Crippen LogP contribution in [0.4, 0.5) is 0 Å². The van der Waals surface area contributed by atoms with Crippen LogP contribution in [0.3, 0.4) is 0 Å². The van der Waals surface area contributed by atoms with Crippen LogP contribution in [0.1, 0.15) is 49.9 Å². The third-order valence-electron chi connectivity index (χ3n) is 6.93. The van der Waals surface area contributed by atoms with Crippen molar-refractivity contribution in [2.45, 2.75) is 57.2 Å². The summed E-state index contributed by atoms with van der Waals surface area (Å²) in [7, 11) is 0. The summed E-state index contributed by atoms with van der Waals surface area (Å²) in [5, 5.41) is 7.84. The van der Waals surface area contributed by atoms with Crippen molar-refractivity contribution in [2.24, 2.45) is 23.2 Å². The third-order valence-corrected chi connectivity index (χ3v) is 7.78. The van der Waals surface area contributed by atoms with Crippen LogP contribution in [0.25, 0.3) is 0 Å². The number of carbonyl (C=O) groups excluding carboxylic acids is 1. The number of benzene rings is 1. The Morgan fingerprint density at radius 3 is 2.54 bits per heavy atom. The van der Waals surface area contributed by atoms with Gasteiger partial charge in [-0.2, -0.15) is 0 Å². The first kappa shape index (κ1) is 18.2. The van der Waals surface area contributed by atoms with Crippen molar-refractivity contribution in [3.05, 3.63) is 35.7 Å². The van der Waals surface area contributed by atoms with Gasteiger partial charge in [0.15, 0.2) is 5.82 Å². The number of ether oxygens (including phenoxy) is 1. The molecular weight excluding hydrogens is 370 g/mol. The van der Waals surface area contributed by atoms with Crippen LogP contribution in [0, 0.1) is 30.1 Å². The van der Waals surface area contributed by atoms with E-state index in [-0.39, 0.29) is 5.41 Å². The fraction of sp³-hybridized carbons (Fsp3) is 0.591. The van der Waals surface area contributed by atoms with E-state index < -0.39 is 0 Å². The molecule has 0 atom stereocenters. The summed E-state index contributed by atoms with van der Waals surface area (Å²) in [6.45, 7) is 2.37. The summed E-state index contributed by atoms with van der Waals surface area (Å²) >= 11 is 1.46. The number of thioether (sulfide) groups is 1. The first-order valence-electron chi connectivity index (χ1n) is 10.4. The number of aromatic amines is 1. The molecule has 4 aliphatic rings. The van der Waals surface area contributed by atoms with Crippen molar-refractivity contribution in [3.63, 3.8) is 0 Å². The number of nitrogens with one attached hydrogen (secondary N) is 1. The van der Waals surface area contributed by atoms with Crippen molar-refractivity contribution in [2.75, 3.05) is 5.75 Å². The molecule has 5 nitrogen and oxygen atoms in total. The number of nitrogens with zero attached hydrogens (tertiary/aromatic N) is 2. The number of aryl methyl sites for hydroxylation is 1. The van der Waals surface area contributed by atoms with Gasteiger partial charge in [-0.15, -0.1) is 5.10 Å². The van der Waals surface area contributed by atoms with Crippen LogP contribution in [-0.2, 0) is 11.4 Å². The lowest BCUT2D eigenvalue weighted by Gasteiger charge is -2.56. The molecule has 0 saturated heterocycles. The number of ketones is 1. The van der Waals surface area contributed by atoms with E-state index in [1.807, 2.05) is 31.2 Å². The Morgan fingerprint density at radius 1 is 1.18 bits per heavy atom. The van der Waals surface area contributed by atoms with Crippen molar-refractivity contribution in [1.29, 1.82) is 0 Å². The number of Topliss-reactive ketones (excluding diaryl/α,β-unsaturated/α-hetero) is 1. The van der Waals surface area contributed by atoms with Crippen LogP contribution in [0.2, 0.25) is 0 Å². The van der Waals surface area contributed by atoms with E-state index in [0.29, 0.717) is 29.1 Å². The number of H-pyrrole nitrogens is 1. The van der Waals surface area contributed by atoms with E-state index in [2.05, 4.69) is 15.2 Å². The van der Waals surface area contributed by atoms with Crippen LogP contribution >= 0.6 is 11.8 Å². The summed E-state index contributed by atoms with van der Waals surface area (Å²) < 4.78 is 5.82. The maximum Gasteiger partial charge on any atom is 0.208 e. The van der Waals surface area contributed by atoms with Crippen LogP contribution in [-0.4, -0.2) is 26.7 Å². The minimum atomic E-state index is -0.0329. The topological polar surface area (TPSA) is 67.9 Å². The molecule has 28 heavy (non-hydrogen) atoms. The Kier molecular flexibility index (Phi) is 4.69. The van der Waals surface area contributed by atoms with Gasteiger partial charge < -0.3 is 4.74 Å². The van der Waals surface area contributed by atoms with E-state index in [4.69, 9.17) is 4.74 Å². The predicted octanol–water partition coefficient (Wildman–Crippen LogP) is 4.57. The molecule has 4 fully saturated rings. The summed E-state index contributed by atoms with van der Waals surface area (Å²) in [6.07, 6.45) is 7.48. The van der Waals surface area contributed by atoms with E-state index in [0.717, 1.165) is 48.3 Å². The Balaban J connectivity index is 1.17. The molecule has 0 radical (unpaired) electrons. The molecule has 0 aliphatic heterocycles. The molecule has 4 saturated carbocycles. The Morgan fingerprint density at radius 2 is 1.86 bits per heavy atom. The largest absolute Gasteiger partial charge is 0.485 e. The molecule has 6 rings (SSSR count). The summed E-state index contributed by atoms with van der Waals surface area (Å²) in [5.41, 5.74) is 1.06. The molecule has 0 unspecified atom stereocenters. The quantitative estimate of drug-likeness (QED) is 0.693. The first-order valence-corrected chi connectivity index (χ1v) is 11.3. The van der Waals surface area contributed by atoms with Gasteiger partial charge in [0.25, 0.3) is 0 Å². The second-order valence-corrected chi connectivity index (χ2v) is 9.97. The Labute approximate surface area is 170 Å². The summed E-state index contributed by atoms with van der Waals surface area (Å²) in [5.74, 6) is 4.86. The number of aromatic nitrogens is 3. The molecule has 0 spiro atoms. The molecule has 4 bridgehead atoms. The van der Waals surface area contributed by atoms with E-state index in [1.165, 1.54) is 31.0 Å². The SMILES string of the molecule is Cc1ccccc1OCc1nc(SCC(=O)C23CC4CC(CC(C4)C2)C3)n[nH]1. The van der Waals surface area contributed by atoms with E-state index >= 15 is 0 Å². The molecule has 2 aromatic rings. The average molecular weight is 398 g/mol. The van der Waals surface area contributed by atoms with Crippen LogP contribution in [0.15, 0.2) is 29.4 Å². The maximum absolute atomic E-state index is 13.1. The van der Waals surface area contributed by atoms with E-state index in [1.54, 1.807) is 0 Å². The van der Waals surface area contributed by atoms with Crippen LogP contribution in [0.5, 0.6) is 5.75 Å². The summed E-state index contributed by atoms with van der Waals surface area (Å²) in [6, 6.07) is 7.92. The fourth-order valence-corrected chi connectivity index (χ4v) is 6.86. The van der Waals surface area contributed by atoms with Gasteiger partial charge in [-0.05, 0) is 74.8 Å². The highest BCUT2D eigenvalue weighted by atomic mass is 32.2. The molecule has 1 heterocycles. The number of para-hydroxylation sites is 1. The number of rotatable bonds is 7. The molecule has 1 N–H and O–H groups in total. The van der Waals surface area contributed by atoms with Gasteiger partial charge in [-0.3, -0.25) is 9.89 Å². The van der Waals surface area contributed by atoms with Gasteiger partial charge in [0.2, 0.25) is 5.16 Å². The third kappa shape index (κ3) is 3.47. The second-order valence-electron chi connectivity index (χ2n) is 9.03. The average Bonchev–Trinajstić information content (AvgIpc) is 3.12. The van der Waals surface area contributed by atoms with Gasteiger partial charge in [-0.1, -0.05) is 30.0 Å². The minimum absolute atomic E-state index is 0.0329. The molecule has 6 heteroatoms. The molecular formula is C22H27N3O2S. The van der Waals surface area contributed by atoms with Crippen LogP contribution < -0.4 is 4.74 Å².